The lowest BCUT2D eigenvalue weighted by molar-refractivity contribution is -0.692. The van der Waals surface area contributed by atoms with Gasteiger partial charge in [0.1, 0.15) is 17.3 Å². The summed E-state index contributed by atoms with van der Waals surface area (Å²) in [6.07, 6.45) is 0. The third kappa shape index (κ3) is 3.77. The zero-order valence-electron chi connectivity index (χ0n) is 26.6. The molecule has 1 N–H and O–H groups in total. The highest BCUT2D eigenvalue weighted by atomic mass is 16.5. The predicted octanol–water partition coefficient (Wildman–Crippen LogP) is 9.62. The maximum absolute atomic E-state index is 14.2. The Balaban J connectivity index is 1.31. The maximum Gasteiger partial charge on any atom is 0.169 e. The third-order valence-electron chi connectivity index (χ3n) is 10.1. The van der Waals surface area contributed by atoms with Crippen LogP contribution in [0.5, 0.6) is 0 Å². The van der Waals surface area contributed by atoms with E-state index in [9.17, 15) is 15.7 Å². The van der Waals surface area contributed by atoms with E-state index >= 15 is 0 Å². The summed E-state index contributed by atoms with van der Waals surface area (Å²) in [6, 6.07) is 53.0. The summed E-state index contributed by atoms with van der Waals surface area (Å²) < 4.78 is 4.30. The standard InChI is InChI=1S/C44H25N5O/c45-25-27-22-29(24-30(23-27)47-38-16-5-1-11-32(38)33-12-2-6-17-39(33)47)31-15-9-10-28(26-46)42(31)48-40-18-7-3-13-34(40)36-20-21-37-35-14-4-8-19-41(35)49(50)44(37)43(36)48/h1-24,49H. The van der Waals surface area contributed by atoms with Crippen LogP contribution in [0.15, 0.2) is 146 Å². The average molecular weight is 640 g/mol. The molecule has 1 atom stereocenters. The van der Waals surface area contributed by atoms with Crippen LogP contribution in [-0.4, -0.2) is 9.13 Å². The third-order valence-corrected chi connectivity index (χ3v) is 10.1. The van der Waals surface area contributed by atoms with E-state index in [1.807, 2.05) is 103 Å². The number of benzene rings is 7. The lowest BCUT2D eigenvalue weighted by Gasteiger charge is -2.21. The van der Waals surface area contributed by atoms with Crippen LogP contribution in [0.4, 0.5) is 11.4 Å². The first-order chi connectivity index (χ1) is 24.7. The van der Waals surface area contributed by atoms with Gasteiger partial charge in [0.2, 0.25) is 0 Å². The number of para-hydroxylation sites is 5. The molecule has 1 unspecified atom stereocenters. The van der Waals surface area contributed by atoms with Crippen molar-refractivity contribution in [1.82, 2.24) is 9.13 Å². The van der Waals surface area contributed by atoms with E-state index in [4.69, 9.17) is 0 Å². The molecule has 6 heteroatoms. The summed E-state index contributed by atoms with van der Waals surface area (Å²) >= 11 is 0. The number of rotatable bonds is 3. The van der Waals surface area contributed by atoms with Gasteiger partial charge in [-0.2, -0.15) is 10.5 Å². The van der Waals surface area contributed by atoms with Crippen molar-refractivity contribution in [3.8, 4) is 45.8 Å². The molecule has 6 nitrogen and oxygen atoms in total. The summed E-state index contributed by atoms with van der Waals surface area (Å²) in [5, 5.41) is 39.4. The molecule has 0 bridgehead atoms. The van der Waals surface area contributed by atoms with E-state index in [0.29, 0.717) is 28.2 Å². The highest BCUT2D eigenvalue weighted by Crippen LogP contribution is 2.46. The molecule has 10 rings (SSSR count). The van der Waals surface area contributed by atoms with Crippen LogP contribution in [0.3, 0.4) is 0 Å². The first-order valence-electron chi connectivity index (χ1n) is 16.4. The maximum atomic E-state index is 14.2. The molecular weight excluding hydrogens is 615 g/mol. The minimum Gasteiger partial charge on any atom is -0.623 e. The van der Waals surface area contributed by atoms with Crippen molar-refractivity contribution in [2.45, 2.75) is 0 Å². The smallest absolute Gasteiger partial charge is 0.169 e. The van der Waals surface area contributed by atoms with Gasteiger partial charge in [0.05, 0.1) is 45.0 Å². The normalized spacial score (nSPS) is 13.5. The second kappa shape index (κ2) is 10.5. The van der Waals surface area contributed by atoms with E-state index in [-0.39, 0.29) is 5.06 Å². The second-order valence-corrected chi connectivity index (χ2v) is 12.7. The molecule has 1 aliphatic heterocycles. The Labute approximate surface area is 286 Å². The van der Waals surface area contributed by atoms with Crippen LogP contribution in [0.1, 0.15) is 11.1 Å². The highest BCUT2D eigenvalue weighted by molar-refractivity contribution is 6.16. The SMILES string of the molecule is N#Cc1cc(-c2cccc(C#N)c2-n2c3ccccc3c3ccc4c(c32)[NH+]([O-])c2ccccc2-4)cc(-n2c3ccccc3c3ccccc32)c1. The Kier molecular flexibility index (Phi) is 5.91. The molecule has 0 aliphatic carbocycles. The van der Waals surface area contributed by atoms with E-state index < -0.39 is 0 Å². The van der Waals surface area contributed by atoms with Crippen molar-refractivity contribution in [2.75, 3.05) is 0 Å². The van der Waals surface area contributed by atoms with Gasteiger partial charge in [-0.05, 0) is 60.2 Å². The fourth-order valence-corrected chi connectivity index (χ4v) is 8.06. The van der Waals surface area contributed by atoms with Gasteiger partial charge in [-0.15, -0.1) is 0 Å². The number of hydrogen-bond donors (Lipinski definition) is 1. The van der Waals surface area contributed by atoms with Crippen molar-refractivity contribution in [3.63, 3.8) is 0 Å². The van der Waals surface area contributed by atoms with Crippen molar-refractivity contribution >= 4 is 55.0 Å². The minimum atomic E-state index is -0.0265. The van der Waals surface area contributed by atoms with Crippen molar-refractivity contribution in [1.29, 1.82) is 10.5 Å². The molecule has 0 saturated carbocycles. The fraction of sp³-hybridized carbons (Fsp3) is 0. The van der Waals surface area contributed by atoms with Crippen LogP contribution in [-0.2, 0) is 0 Å². The first kappa shape index (κ1) is 28.1. The van der Waals surface area contributed by atoms with Crippen molar-refractivity contribution in [3.05, 3.63) is 162 Å². The van der Waals surface area contributed by atoms with E-state index in [1.165, 1.54) is 0 Å². The monoisotopic (exact) mass is 639 g/mol. The molecular formula is C44H25N5O. The number of nitrogens with zero attached hydrogens (tertiary/aromatic N) is 4. The van der Waals surface area contributed by atoms with Gasteiger partial charge in [-0.25, -0.2) is 0 Å². The quantitative estimate of drug-likeness (QED) is 0.195. The number of nitrogens with one attached hydrogen (secondary N) is 1. The largest absolute Gasteiger partial charge is 0.623 e. The first-order valence-corrected chi connectivity index (χ1v) is 16.4. The highest BCUT2D eigenvalue weighted by Gasteiger charge is 2.32. The van der Waals surface area contributed by atoms with Crippen LogP contribution in [0.25, 0.3) is 77.2 Å². The van der Waals surface area contributed by atoms with Gasteiger partial charge in [-0.1, -0.05) is 84.9 Å². The number of quaternary nitrogens is 1. The van der Waals surface area contributed by atoms with E-state index in [1.54, 1.807) is 0 Å². The minimum absolute atomic E-state index is 0.0265. The van der Waals surface area contributed by atoms with Gasteiger partial charge < -0.3 is 19.4 Å². The molecule has 3 heterocycles. The van der Waals surface area contributed by atoms with Crippen molar-refractivity contribution < 1.29 is 5.06 Å². The topological polar surface area (TPSA) is 84.9 Å². The Morgan fingerprint density at radius 2 is 1.14 bits per heavy atom. The Morgan fingerprint density at radius 3 is 1.84 bits per heavy atom. The predicted molar refractivity (Wildman–Crippen MR) is 199 cm³/mol. The molecule has 9 aromatic rings. The summed E-state index contributed by atoms with van der Waals surface area (Å²) in [5.74, 6) is 0. The number of hydrogen-bond acceptors (Lipinski definition) is 3. The number of fused-ring (bicyclic) bond motifs is 10. The fourth-order valence-electron chi connectivity index (χ4n) is 8.06. The zero-order valence-corrected chi connectivity index (χ0v) is 26.6. The van der Waals surface area contributed by atoms with E-state index in [0.717, 1.165) is 71.6 Å². The molecule has 232 valence electrons. The lowest BCUT2D eigenvalue weighted by atomic mass is 9.97. The van der Waals surface area contributed by atoms with Gasteiger partial charge in [-0.3, -0.25) is 0 Å². The van der Waals surface area contributed by atoms with Crippen molar-refractivity contribution in [2.24, 2.45) is 0 Å². The van der Waals surface area contributed by atoms with Gasteiger partial charge in [0, 0.05) is 44.4 Å². The molecule has 0 fully saturated rings. The molecule has 1 aliphatic rings. The average Bonchev–Trinajstić information content (AvgIpc) is 3.79. The summed E-state index contributed by atoms with van der Waals surface area (Å²) in [6.45, 7) is 0. The molecule has 0 spiro atoms. The Bertz CT molecular complexity index is 2930. The summed E-state index contributed by atoms with van der Waals surface area (Å²) in [5.41, 5.74) is 10.9. The Hall–Kier alpha value is -6.96. The van der Waals surface area contributed by atoms with Crippen LogP contribution < -0.4 is 5.06 Å². The van der Waals surface area contributed by atoms with Gasteiger partial charge in [0.25, 0.3) is 0 Å². The van der Waals surface area contributed by atoms with Crippen LogP contribution in [0.2, 0.25) is 0 Å². The van der Waals surface area contributed by atoms with Gasteiger partial charge in [0.15, 0.2) is 5.69 Å². The van der Waals surface area contributed by atoms with Crippen LogP contribution in [0, 0.1) is 27.9 Å². The summed E-state index contributed by atoms with van der Waals surface area (Å²) in [4.78, 5) is 0. The molecule has 7 aromatic carbocycles. The second-order valence-electron chi connectivity index (χ2n) is 12.7. The molecule has 50 heavy (non-hydrogen) atoms. The zero-order chi connectivity index (χ0) is 33.5. The number of aromatic nitrogens is 2. The Morgan fingerprint density at radius 1 is 0.520 bits per heavy atom. The molecule has 0 amide bonds. The van der Waals surface area contributed by atoms with Crippen LogP contribution >= 0.6 is 0 Å². The lowest BCUT2D eigenvalue weighted by Crippen LogP contribution is -2.95. The van der Waals surface area contributed by atoms with Gasteiger partial charge >= 0.3 is 0 Å². The molecule has 0 radical (unpaired) electrons. The molecule has 2 aromatic heterocycles. The number of nitriles is 2. The van der Waals surface area contributed by atoms with E-state index in [2.05, 4.69) is 63.7 Å². The molecule has 0 saturated heterocycles. The summed E-state index contributed by atoms with van der Waals surface area (Å²) in [7, 11) is 0.